The van der Waals surface area contributed by atoms with E-state index in [1.54, 1.807) is 56.3 Å². The topological polar surface area (TPSA) is 107 Å². The predicted octanol–water partition coefficient (Wildman–Crippen LogP) is 2.72. The third-order valence-corrected chi connectivity index (χ3v) is 2.72. The summed E-state index contributed by atoms with van der Waals surface area (Å²) in [6.45, 7) is 3.56. The smallest absolute Gasteiger partial charge is 0.163 e. The van der Waals surface area contributed by atoms with Crippen molar-refractivity contribution in [3.05, 3.63) is 41.1 Å². The van der Waals surface area contributed by atoms with Gasteiger partial charge in [-0.25, -0.2) is 0 Å². The van der Waals surface area contributed by atoms with Gasteiger partial charge in [-0.2, -0.15) is 21.0 Å². The van der Waals surface area contributed by atoms with Crippen LogP contribution in [0.3, 0.4) is 0 Å². The molecule has 0 unspecified atom stereocenters. The standard InChI is InChI=1S/C15H11N5/c1-15(2,10-19)12-4-3-5-13(6-12)20-14(9-18)11(7-16)8-17/h3-6,20H,1-2H3. The lowest BCUT2D eigenvalue weighted by molar-refractivity contribution is 0.687. The summed E-state index contributed by atoms with van der Waals surface area (Å²) < 4.78 is 0. The summed E-state index contributed by atoms with van der Waals surface area (Å²) >= 11 is 0. The normalized spacial score (nSPS) is 9.30. The quantitative estimate of drug-likeness (QED) is 0.841. The Morgan fingerprint density at radius 2 is 1.70 bits per heavy atom. The molecular formula is C15H11N5. The summed E-state index contributed by atoms with van der Waals surface area (Å²) in [6, 6.07) is 14.2. The molecule has 1 aromatic carbocycles. The first-order valence-corrected chi connectivity index (χ1v) is 5.72. The van der Waals surface area contributed by atoms with Gasteiger partial charge < -0.3 is 5.32 Å². The molecule has 0 spiro atoms. The second-order valence-corrected chi connectivity index (χ2v) is 4.53. The van der Waals surface area contributed by atoms with Crippen molar-refractivity contribution in [3.8, 4) is 24.3 Å². The molecule has 20 heavy (non-hydrogen) atoms. The summed E-state index contributed by atoms with van der Waals surface area (Å²) in [5, 5.41) is 38.3. The van der Waals surface area contributed by atoms with Gasteiger partial charge in [0.05, 0.1) is 11.5 Å². The Hall–Kier alpha value is -3.28. The molecule has 1 rings (SSSR count). The predicted molar refractivity (Wildman–Crippen MR) is 72.6 cm³/mol. The molecule has 0 aliphatic heterocycles. The Balaban J connectivity index is 3.21. The fourth-order valence-corrected chi connectivity index (χ4v) is 1.48. The minimum atomic E-state index is -0.665. The largest absolute Gasteiger partial charge is 0.345 e. The first-order valence-electron chi connectivity index (χ1n) is 5.72. The highest BCUT2D eigenvalue weighted by atomic mass is 14.9. The average molecular weight is 261 g/mol. The monoisotopic (exact) mass is 261 g/mol. The van der Waals surface area contributed by atoms with E-state index in [4.69, 9.17) is 21.0 Å². The maximum absolute atomic E-state index is 9.11. The lowest BCUT2D eigenvalue weighted by Crippen LogP contribution is -2.14. The number of hydrogen-bond donors (Lipinski definition) is 1. The zero-order chi connectivity index (χ0) is 15.2. The van der Waals surface area contributed by atoms with Crippen LogP contribution in [0.1, 0.15) is 19.4 Å². The number of allylic oxidation sites excluding steroid dienone is 2. The molecule has 1 aromatic rings. The van der Waals surface area contributed by atoms with Crippen molar-refractivity contribution in [2.75, 3.05) is 5.32 Å². The molecule has 0 saturated carbocycles. The highest BCUT2D eigenvalue weighted by Gasteiger charge is 2.19. The Morgan fingerprint density at radius 1 is 1.05 bits per heavy atom. The Morgan fingerprint density at radius 3 is 2.20 bits per heavy atom. The van der Waals surface area contributed by atoms with E-state index < -0.39 is 5.41 Å². The maximum Gasteiger partial charge on any atom is 0.163 e. The van der Waals surface area contributed by atoms with E-state index in [-0.39, 0.29) is 11.3 Å². The van der Waals surface area contributed by atoms with Gasteiger partial charge in [-0.05, 0) is 31.5 Å². The van der Waals surface area contributed by atoms with E-state index in [0.29, 0.717) is 5.69 Å². The van der Waals surface area contributed by atoms with Crippen LogP contribution in [0.25, 0.3) is 0 Å². The molecule has 5 heteroatoms. The minimum absolute atomic E-state index is 0.109. The lowest BCUT2D eigenvalue weighted by atomic mass is 9.86. The van der Waals surface area contributed by atoms with E-state index >= 15 is 0 Å². The number of nitriles is 4. The zero-order valence-electron chi connectivity index (χ0n) is 11.1. The average Bonchev–Trinajstić information content (AvgIpc) is 2.47. The van der Waals surface area contributed by atoms with Crippen molar-refractivity contribution in [1.29, 1.82) is 21.0 Å². The van der Waals surface area contributed by atoms with Gasteiger partial charge in [-0.15, -0.1) is 0 Å². The van der Waals surface area contributed by atoms with Crippen LogP contribution in [0, 0.1) is 45.3 Å². The van der Waals surface area contributed by atoms with Crippen LogP contribution in [-0.2, 0) is 5.41 Å². The maximum atomic E-state index is 9.11. The SMILES string of the molecule is CC(C)(C#N)c1cccc(NC(C#N)=C(C#N)C#N)c1. The molecule has 0 heterocycles. The van der Waals surface area contributed by atoms with Crippen molar-refractivity contribution >= 4 is 5.69 Å². The van der Waals surface area contributed by atoms with Crippen molar-refractivity contribution in [1.82, 2.24) is 0 Å². The van der Waals surface area contributed by atoms with Gasteiger partial charge in [0.1, 0.15) is 23.9 Å². The van der Waals surface area contributed by atoms with Crippen LogP contribution in [0.4, 0.5) is 5.69 Å². The fraction of sp³-hybridized carbons (Fsp3) is 0.200. The van der Waals surface area contributed by atoms with Gasteiger partial charge in [0.15, 0.2) is 5.57 Å². The molecule has 0 aliphatic rings. The number of nitrogens with one attached hydrogen (secondary N) is 1. The molecule has 1 N–H and O–H groups in total. The van der Waals surface area contributed by atoms with E-state index in [1.165, 1.54) is 0 Å². The van der Waals surface area contributed by atoms with E-state index in [0.717, 1.165) is 5.56 Å². The van der Waals surface area contributed by atoms with Crippen LogP contribution in [0.2, 0.25) is 0 Å². The molecule has 0 saturated heterocycles. The third-order valence-electron chi connectivity index (χ3n) is 2.72. The van der Waals surface area contributed by atoms with Crippen molar-refractivity contribution < 1.29 is 0 Å². The highest BCUT2D eigenvalue weighted by molar-refractivity contribution is 5.59. The van der Waals surface area contributed by atoms with E-state index in [1.807, 2.05) is 0 Å². The zero-order valence-corrected chi connectivity index (χ0v) is 11.1. The second-order valence-electron chi connectivity index (χ2n) is 4.53. The van der Waals surface area contributed by atoms with Crippen molar-refractivity contribution in [2.24, 2.45) is 0 Å². The van der Waals surface area contributed by atoms with Gasteiger partial charge in [-0.1, -0.05) is 12.1 Å². The van der Waals surface area contributed by atoms with Gasteiger partial charge in [0.2, 0.25) is 0 Å². The van der Waals surface area contributed by atoms with Gasteiger partial charge in [0.25, 0.3) is 0 Å². The molecule has 5 nitrogen and oxygen atoms in total. The number of benzene rings is 1. The number of nitrogens with zero attached hydrogens (tertiary/aromatic N) is 4. The summed E-state index contributed by atoms with van der Waals surface area (Å²) in [5.41, 5.74) is 0.268. The Bertz CT molecular complexity index is 698. The number of anilines is 1. The fourth-order valence-electron chi connectivity index (χ4n) is 1.48. The first-order chi connectivity index (χ1) is 9.48. The van der Waals surface area contributed by atoms with Crippen LogP contribution in [0.15, 0.2) is 35.5 Å². The van der Waals surface area contributed by atoms with Crippen LogP contribution >= 0.6 is 0 Å². The van der Waals surface area contributed by atoms with Crippen molar-refractivity contribution in [3.63, 3.8) is 0 Å². The van der Waals surface area contributed by atoms with E-state index in [9.17, 15) is 0 Å². The molecule has 96 valence electrons. The van der Waals surface area contributed by atoms with Crippen molar-refractivity contribution in [2.45, 2.75) is 19.3 Å². The molecule has 0 aliphatic carbocycles. The van der Waals surface area contributed by atoms with E-state index in [2.05, 4.69) is 11.4 Å². The lowest BCUT2D eigenvalue weighted by Gasteiger charge is -2.17. The first kappa shape index (κ1) is 14.8. The molecular weight excluding hydrogens is 250 g/mol. The van der Waals surface area contributed by atoms with Crippen LogP contribution in [0.5, 0.6) is 0 Å². The summed E-state index contributed by atoms with van der Waals surface area (Å²) in [4.78, 5) is 0. The molecule has 0 atom stereocenters. The van der Waals surface area contributed by atoms with Crippen LogP contribution in [-0.4, -0.2) is 0 Å². The molecule has 0 fully saturated rings. The molecule has 0 aromatic heterocycles. The van der Waals surface area contributed by atoms with Gasteiger partial charge in [0, 0.05) is 5.69 Å². The number of hydrogen-bond acceptors (Lipinski definition) is 5. The Kier molecular flexibility index (Phi) is 4.47. The third kappa shape index (κ3) is 3.14. The summed E-state index contributed by atoms with van der Waals surface area (Å²) in [6.07, 6.45) is 0. The highest BCUT2D eigenvalue weighted by Crippen LogP contribution is 2.25. The molecule has 0 amide bonds. The van der Waals surface area contributed by atoms with Gasteiger partial charge >= 0.3 is 0 Å². The molecule has 0 bridgehead atoms. The Labute approximate surface area is 117 Å². The second kappa shape index (κ2) is 6.05. The minimum Gasteiger partial charge on any atom is -0.345 e. The summed E-state index contributed by atoms with van der Waals surface area (Å²) in [7, 11) is 0. The van der Waals surface area contributed by atoms with Gasteiger partial charge in [-0.3, -0.25) is 0 Å². The summed E-state index contributed by atoms with van der Waals surface area (Å²) in [5.74, 6) is 0. The van der Waals surface area contributed by atoms with Crippen LogP contribution < -0.4 is 5.32 Å². The number of rotatable bonds is 3. The molecule has 0 radical (unpaired) electrons.